The number of ether oxygens (including phenoxy) is 1. The third-order valence-electron chi connectivity index (χ3n) is 4.06. The monoisotopic (exact) mass is 318 g/mol. The summed E-state index contributed by atoms with van der Waals surface area (Å²) in [7, 11) is 1.92. The summed E-state index contributed by atoms with van der Waals surface area (Å²) in [6.45, 7) is 4.37. The van der Waals surface area contributed by atoms with Crippen molar-refractivity contribution in [3.63, 3.8) is 0 Å². The smallest absolute Gasteiger partial charge is 0.315 e. The maximum atomic E-state index is 12.2. The number of aryl methyl sites for hydroxylation is 2. The topological polar surface area (TPSA) is 81.3 Å². The fourth-order valence-electron chi connectivity index (χ4n) is 2.81. The molecule has 0 spiro atoms. The van der Waals surface area contributed by atoms with E-state index >= 15 is 0 Å². The van der Waals surface area contributed by atoms with Gasteiger partial charge in [0.15, 0.2) is 0 Å². The predicted octanol–water partition coefficient (Wildman–Crippen LogP) is 2.21. The normalized spacial score (nSPS) is 22.0. The number of furan rings is 1. The number of hydrogen-bond donors (Lipinski definition) is 2. The molecule has 124 valence electrons. The van der Waals surface area contributed by atoms with Gasteiger partial charge in [-0.25, -0.2) is 9.78 Å². The number of imidazole rings is 1. The molecule has 1 aliphatic heterocycles. The van der Waals surface area contributed by atoms with Gasteiger partial charge in [0.05, 0.1) is 12.1 Å². The first-order valence-electron chi connectivity index (χ1n) is 7.77. The highest BCUT2D eigenvalue weighted by atomic mass is 16.5. The molecule has 7 heteroatoms. The minimum Gasteiger partial charge on any atom is -0.464 e. The number of hydrogen-bond acceptors (Lipinski definition) is 4. The van der Waals surface area contributed by atoms with Crippen LogP contribution in [0.25, 0.3) is 0 Å². The van der Waals surface area contributed by atoms with Crippen LogP contribution in [0.3, 0.4) is 0 Å². The van der Waals surface area contributed by atoms with E-state index in [1.165, 1.54) is 0 Å². The summed E-state index contributed by atoms with van der Waals surface area (Å²) in [6, 6.07) is 3.23. The standard InChI is InChI=1S/C16H22N4O3/c1-10-4-5-13(23-10)11(2)18-16(21)19-12-6-9-22-14(12)15-17-7-8-20(15)3/h4-5,7-8,11-12,14H,6,9H2,1-3H3,(H2,18,19,21)/t11-,12-,14-/m0/s1. The summed E-state index contributed by atoms with van der Waals surface area (Å²) < 4.78 is 13.2. The molecule has 1 aliphatic rings. The quantitative estimate of drug-likeness (QED) is 0.905. The highest BCUT2D eigenvalue weighted by Crippen LogP contribution is 2.27. The second-order valence-corrected chi connectivity index (χ2v) is 5.87. The Morgan fingerprint density at radius 1 is 1.48 bits per heavy atom. The molecule has 2 N–H and O–H groups in total. The van der Waals surface area contributed by atoms with Crippen LogP contribution in [-0.4, -0.2) is 28.2 Å². The average Bonchev–Trinajstić information content (AvgIpc) is 3.20. The molecule has 0 aliphatic carbocycles. The number of nitrogens with zero attached hydrogens (tertiary/aromatic N) is 2. The molecule has 1 fully saturated rings. The van der Waals surface area contributed by atoms with Crippen molar-refractivity contribution in [1.29, 1.82) is 0 Å². The summed E-state index contributed by atoms with van der Waals surface area (Å²) in [4.78, 5) is 16.6. The zero-order valence-corrected chi connectivity index (χ0v) is 13.6. The Bertz CT molecular complexity index is 678. The Kier molecular flexibility index (Phi) is 4.38. The lowest BCUT2D eigenvalue weighted by Gasteiger charge is -2.21. The molecular formula is C16H22N4O3. The Balaban J connectivity index is 1.60. The van der Waals surface area contributed by atoms with Crippen molar-refractivity contribution in [1.82, 2.24) is 20.2 Å². The van der Waals surface area contributed by atoms with Gasteiger partial charge in [0, 0.05) is 26.0 Å². The summed E-state index contributed by atoms with van der Waals surface area (Å²) in [5.74, 6) is 2.39. The van der Waals surface area contributed by atoms with E-state index in [9.17, 15) is 4.79 Å². The third-order valence-corrected chi connectivity index (χ3v) is 4.06. The summed E-state index contributed by atoms with van der Waals surface area (Å²) in [6.07, 6.45) is 4.14. The van der Waals surface area contributed by atoms with Crippen molar-refractivity contribution < 1.29 is 13.9 Å². The zero-order valence-electron chi connectivity index (χ0n) is 13.6. The van der Waals surface area contributed by atoms with Crippen molar-refractivity contribution >= 4 is 6.03 Å². The molecule has 2 amide bonds. The van der Waals surface area contributed by atoms with Crippen molar-refractivity contribution in [2.45, 2.75) is 38.5 Å². The lowest BCUT2D eigenvalue weighted by molar-refractivity contribution is 0.0907. The molecule has 2 aromatic rings. The molecule has 3 atom stereocenters. The van der Waals surface area contributed by atoms with Gasteiger partial charge in [0.2, 0.25) is 0 Å². The van der Waals surface area contributed by atoms with Crippen LogP contribution in [0.2, 0.25) is 0 Å². The van der Waals surface area contributed by atoms with Crippen molar-refractivity contribution in [3.05, 3.63) is 41.9 Å². The fraction of sp³-hybridized carbons (Fsp3) is 0.500. The van der Waals surface area contributed by atoms with E-state index in [0.29, 0.717) is 6.61 Å². The second kappa shape index (κ2) is 6.45. The van der Waals surface area contributed by atoms with Crippen LogP contribution < -0.4 is 10.6 Å². The van der Waals surface area contributed by atoms with Crippen molar-refractivity contribution in [2.75, 3.05) is 6.61 Å². The predicted molar refractivity (Wildman–Crippen MR) is 83.8 cm³/mol. The number of amides is 2. The first kappa shape index (κ1) is 15.6. The number of urea groups is 1. The third kappa shape index (κ3) is 3.39. The summed E-state index contributed by atoms with van der Waals surface area (Å²) >= 11 is 0. The largest absolute Gasteiger partial charge is 0.464 e. The Morgan fingerprint density at radius 3 is 2.96 bits per heavy atom. The molecule has 0 bridgehead atoms. The zero-order chi connectivity index (χ0) is 16.4. The lowest BCUT2D eigenvalue weighted by atomic mass is 10.1. The molecule has 3 heterocycles. The average molecular weight is 318 g/mol. The van der Waals surface area contributed by atoms with Gasteiger partial charge in [0.1, 0.15) is 23.4 Å². The molecule has 1 saturated heterocycles. The number of aromatic nitrogens is 2. The molecule has 0 radical (unpaired) electrons. The second-order valence-electron chi connectivity index (χ2n) is 5.87. The Hall–Kier alpha value is -2.28. The molecule has 7 nitrogen and oxygen atoms in total. The van der Waals surface area contributed by atoms with Gasteiger partial charge in [-0.3, -0.25) is 0 Å². The van der Waals surface area contributed by atoms with Crippen LogP contribution in [-0.2, 0) is 11.8 Å². The summed E-state index contributed by atoms with van der Waals surface area (Å²) in [5, 5.41) is 5.87. The SMILES string of the molecule is Cc1ccc([C@H](C)NC(=O)N[C@H]2CCO[C@@H]2c2nccn2C)o1. The molecular weight excluding hydrogens is 296 g/mol. The molecule has 0 aromatic carbocycles. The van der Waals surface area contributed by atoms with Crippen LogP contribution >= 0.6 is 0 Å². The molecule has 2 aromatic heterocycles. The first-order valence-corrected chi connectivity index (χ1v) is 7.77. The van der Waals surface area contributed by atoms with Gasteiger partial charge in [-0.05, 0) is 32.4 Å². The fourth-order valence-corrected chi connectivity index (χ4v) is 2.81. The molecule has 23 heavy (non-hydrogen) atoms. The van der Waals surface area contributed by atoms with E-state index in [1.54, 1.807) is 6.20 Å². The number of carbonyl (C=O) groups is 1. The van der Waals surface area contributed by atoms with E-state index in [0.717, 1.165) is 23.8 Å². The first-order chi connectivity index (χ1) is 11.0. The highest BCUT2D eigenvalue weighted by Gasteiger charge is 2.33. The molecule has 0 saturated carbocycles. The number of rotatable bonds is 4. The van der Waals surface area contributed by atoms with E-state index < -0.39 is 0 Å². The minimum absolute atomic E-state index is 0.0957. The Labute approximate surface area is 135 Å². The highest BCUT2D eigenvalue weighted by molar-refractivity contribution is 5.74. The van der Waals surface area contributed by atoms with Crippen molar-refractivity contribution in [3.8, 4) is 0 Å². The van der Waals surface area contributed by atoms with Crippen LogP contribution in [0.5, 0.6) is 0 Å². The van der Waals surface area contributed by atoms with E-state index in [-0.39, 0.29) is 24.2 Å². The molecule has 0 unspecified atom stereocenters. The number of nitrogens with one attached hydrogen (secondary N) is 2. The van der Waals surface area contributed by atoms with Crippen LogP contribution in [0, 0.1) is 6.92 Å². The van der Waals surface area contributed by atoms with Crippen molar-refractivity contribution in [2.24, 2.45) is 7.05 Å². The van der Waals surface area contributed by atoms with E-state index in [4.69, 9.17) is 9.15 Å². The van der Waals surface area contributed by atoms with E-state index in [2.05, 4.69) is 15.6 Å². The van der Waals surface area contributed by atoms with Crippen LogP contribution in [0.4, 0.5) is 4.79 Å². The Morgan fingerprint density at radius 2 is 2.30 bits per heavy atom. The van der Waals surface area contributed by atoms with Gasteiger partial charge in [-0.1, -0.05) is 0 Å². The minimum atomic E-state index is -0.235. The van der Waals surface area contributed by atoms with E-state index in [1.807, 2.05) is 43.8 Å². The van der Waals surface area contributed by atoms with Crippen LogP contribution in [0.1, 0.15) is 42.8 Å². The maximum absolute atomic E-state index is 12.2. The molecule has 3 rings (SSSR count). The maximum Gasteiger partial charge on any atom is 0.315 e. The lowest BCUT2D eigenvalue weighted by Crippen LogP contribution is -2.44. The van der Waals surface area contributed by atoms with Gasteiger partial charge in [-0.15, -0.1) is 0 Å². The van der Waals surface area contributed by atoms with Gasteiger partial charge in [0.25, 0.3) is 0 Å². The van der Waals surface area contributed by atoms with Gasteiger partial charge >= 0.3 is 6.03 Å². The van der Waals surface area contributed by atoms with Gasteiger partial charge in [-0.2, -0.15) is 0 Å². The number of carbonyl (C=O) groups excluding carboxylic acids is 1. The van der Waals surface area contributed by atoms with Gasteiger partial charge < -0.3 is 24.4 Å². The van der Waals surface area contributed by atoms with Crippen LogP contribution in [0.15, 0.2) is 28.9 Å². The summed E-state index contributed by atoms with van der Waals surface area (Å²) in [5.41, 5.74) is 0.